The van der Waals surface area contributed by atoms with E-state index in [1.165, 1.54) is 0 Å². The van der Waals surface area contributed by atoms with Crippen LogP contribution in [0.2, 0.25) is 0 Å². The molecular weight excluding hydrogens is 244 g/mol. The molecule has 0 fully saturated rings. The molecule has 0 saturated heterocycles. The smallest absolute Gasteiger partial charge is 0.148 e. The summed E-state index contributed by atoms with van der Waals surface area (Å²) in [5.41, 5.74) is 0. The number of rotatable bonds is 4. The Balaban J connectivity index is 2.89. The molecule has 0 atom stereocenters. The Morgan fingerprint density at radius 3 is 2.71 bits per heavy atom. The van der Waals surface area contributed by atoms with E-state index in [0.717, 1.165) is 29.1 Å². The van der Waals surface area contributed by atoms with E-state index < -0.39 is 0 Å². The lowest BCUT2D eigenvalue weighted by molar-refractivity contribution is 0.954. The van der Waals surface area contributed by atoms with Gasteiger partial charge in [0.2, 0.25) is 0 Å². The van der Waals surface area contributed by atoms with Gasteiger partial charge in [-0.3, -0.25) is 0 Å². The molecule has 4 nitrogen and oxygen atoms in total. The van der Waals surface area contributed by atoms with E-state index in [-0.39, 0.29) is 0 Å². The minimum Gasteiger partial charge on any atom is -0.369 e. The molecule has 1 aromatic heterocycles. The Morgan fingerprint density at radius 1 is 1.43 bits per heavy atom. The van der Waals surface area contributed by atoms with Crippen LogP contribution < -0.4 is 10.2 Å². The Bertz CT molecular complexity index is 301. The molecule has 0 spiro atoms. The number of hydrogen-bond donors (Lipinski definition) is 1. The van der Waals surface area contributed by atoms with Crippen molar-refractivity contribution in [3.8, 4) is 0 Å². The summed E-state index contributed by atoms with van der Waals surface area (Å²) in [6.07, 6.45) is 2.64. The average Bonchev–Trinajstić information content (AvgIpc) is 2.16. The van der Waals surface area contributed by atoms with Crippen molar-refractivity contribution in [3.63, 3.8) is 0 Å². The first-order chi connectivity index (χ1) is 6.66. The number of nitrogens with zero attached hydrogens (tertiary/aromatic N) is 3. The van der Waals surface area contributed by atoms with E-state index in [9.17, 15) is 0 Å². The summed E-state index contributed by atoms with van der Waals surface area (Å²) in [6.45, 7) is 3.04. The van der Waals surface area contributed by atoms with Crippen molar-refractivity contribution >= 4 is 27.6 Å². The molecule has 0 saturated carbocycles. The zero-order valence-corrected chi connectivity index (χ0v) is 10.3. The van der Waals surface area contributed by atoms with Gasteiger partial charge >= 0.3 is 0 Å². The SMILES string of the molecule is CCCNc1ncnc(N(C)C)c1Br. The van der Waals surface area contributed by atoms with E-state index >= 15 is 0 Å². The summed E-state index contributed by atoms with van der Waals surface area (Å²) in [7, 11) is 3.91. The van der Waals surface area contributed by atoms with Crippen LogP contribution in [0.15, 0.2) is 10.8 Å². The second-order valence-corrected chi connectivity index (χ2v) is 3.97. The van der Waals surface area contributed by atoms with Crippen LogP contribution in [0, 0.1) is 0 Å². The Morgan fingerprint density at radius 2 is 2.14 bits per heavy atom. The fraction of sp³-hybridized carbons (Fsp3) is 0.556. The van der Waals surface area contributed by atoms with Gasteiger partial charge in [0.15, 0.2) is 0 Å². The molecule has 78 valence electrons. The van der Waals surface area contributed by atoms with Crippen LogP contribution in [0.3, 0.4) is 0 Å². The highest BCUT2D eigenvalue weighted by atomic mass is 79.9. The third-order valence-electron chi connectivity index (χ3n) is 1.74. The van der Waals surface area contributed by atoms with Gasteiger partial charge in [0.25, 0.3) is 0 Å². The molecule has 1 rings (SSSR count). The first-order valence-electron chi connectivity index (χ1n) is 4.58. The zero-order valence-electron chi connectivity index (χ0n) is 8.71. The molecule has 14 heavy (non-hydrogen) atoms. The van der Waals surface area contributed by atoms with Crippen molar-refractivity contribution in [3.05, 3.63) is 10.8 Å². The van der Waals surface area contributed by atoms with E-state index in [0.29, 0.717) is 0 Å². The predicted molar refractivity (Wildman–Crippen MR) is 62.8 cm³/mol. The molecule has 0 aliphatic heterocycles. The molecular formula is C9H15BrN4. The fourth-order valence-corrected chi connectivity index (χ4v) is 1.74. The summed E-state index contributed by atoms with van der Waals surface area (Å²) in [5, 5.41) is 3.23. The van der Waals surface area contributed by atoms with Crippen LogP contribution in [0.1, 0.15) is 13.3 Å². The number of anilines is 2. The van der Waals surface area contributed by atoms with Gasteiger partial charge in [-0.2, -0.15) is 0 Å². The quantitative estimate of drug-likeness (QED) is 0.899. The molecule has 5 heteroatoms. The lowest BCUT2D eigenvalue weighted by Gasteiger charge is -2.15. The molecule has 0 radical (unpaired) electrons. The van der Waals surface area contributed by atoms with Crippen molar-refractivity contribution in [1.29, 1.82) is 0 Å². The minimum absolute atomic E-state index is 0.852. The largest absolute Gasteiger partial charge is 0.369 e. The van der Waals surface area contributed by atoms with Crippen LogP contribution in [-0.2, 0) is 0 Å². The van der Waals surface area contributed by atoms with Gasteiger partial charge in [-0.15, -0.1) is 0 Å². The highest BCUT2D eigenvalue weighted by Crippen LogP contribution is 2.27. The van der Waals surface area contributed by atoms with Gasteiger partial charge in [0, 0.05) is 20.6 Å². The highest BCUT2D eigenvalue weighted by Gasteiger charge is 2.08. The molecule has 0 bridgehead atoms. The van der Waals surface area contributed by atoms with Crippen molar-refractivity contribution in [2.75, 3.05) is 30.9 Å². The Kier molecular flexibility index (Phi) is 4.13. The third-order valence-corrected chi connectivity index (χ3v) is 2.47. The highest BCUT2D eigenvalue weighted by molar-refractivity contribution is 9.10. The molecule has 1 heterocycles. The van der Waals surface area contributed by atoms with E-state index in [4.69, 9.17) is 0 Å². The van der Waals surface area contributed by atoms with Gasteiger partial charge in [0.1, 0.15) is 22.4 Å². The third kappa shape index (κ3) is 2.57. The standard InChI is InChI=1S/C9H15BrN4/c1-4-5-11-8-7(10)9(14(2)3)13-6-12-8/h6H,4-5H2,1-3H3,(H,11,12,13). The zero-order chi connectivity index (χ0) is 10.6. The number of halogens is 1. The van der Waals surface area contributed by atoms with E-state index in [2.05, 4.69) is 38.1 Å². The summed E-state index contributed by atoms with van der Waals surface area (Å²) < 4.78 is 0.915. The van der Waals surface area contributed by atoms with Crippen LogP contribution in [0.5, 0.6) is 0 Å². The molecule has 0 aliphatic rings. The topological polar surface area (TPSA) is 41.1 Å². The second-order valence-electron chi connectivity index (χ2n) is 3.18. The molecule has 1 aromatic rings. The number of hydrogen-bond acceptors (Lipinski definition) is 4. The van der Waals surface area contributed by atoms with E-state index in [1.807, 2.05) is 19.0 Å². The predicted octanol–water partition coefficient (Wildman–Crippen LogP) is 2.13. The van der Waals surface area contributed by atoms with Gasteiger partial charge in [0.05, 0.1) is 0 Å². The van der Waals surface area contributed by atoms with Crippen molar-refractivity contribution in [2.45, 2.75) is 13.3 Å². The average molecular weight is 259 g/mol. The maximum atomic E-state index is 4.17. The summed E-state index contributed by atoms with van der Waals surface area (Å²) >= 11 is 3.48. The maximum absolute atomic E-state index is 4.17. The van der Waals surface area contributed by atoms with Gasteiger partial charge in [-0.05, 0) is 22.4 Å². The van der Waals surface area contributed by atoms with Crippen LogP contribution in [-0.4, -0.2) is 30.6 Å². The van der Waals surface area contributed by atoms with Gasteiger partial charge in [-0.25, -0.2) is 9.97 Å². The molecule has 1 N–H and O–H groups in total. The fourth-order valence-electron chi connectivity index (χ4n) is 1.04. The normalized spacial score (nSPS) is 10.0. The lowest BCUT2D eigenvalue weighted by atomic mass is 10.4. The molecule has 0 unspecified atom stereocenters. The summed E-state index contributed by atoms with van der Waals surface area (Å²) in [4.78, 5) is 10.3. The first-order valence-corrected chi connectivity index (χ1v) is 5.37. The first kappa shape index (κ1) is 11.2. The minimum atomic E-state index is 0.852. The summed E-state index contributed by atoms with van der Waals surface area (Å²) in [6, 6.07) is 0. The summed E-state index contributed by atoms with van der Waals surface area (Å²) in [5.74, 6) is 1.74. The van der Waals surface area contributed by atoms with Gasteiger partial charge in [-0.1, -0.05) is 6.92 Å². The molecule has 0 aliphatic carbocycles. The number of nitrogens with one attached hydrogen (secondary N) is 1. The van der Waals surface area contributed by atoms with Crippen molar-refractivity contribution < 1.29 is 0 Å². The molecule has 0 aromatic carbocycles. The monoisotopic (exact) mass is 258 g/mol. The molecule has 0 amide bonds. The van der Waals surface area contributed by atoms with Crippen molar-refractivity contribution in [2.24, 2.45) is 0 Å². The van der Waals surface area contributed by atoms with Crippen molar-refractivity contribution in [1.82, 2.24) is 9.97 Å². The lowest BCUT2D eigenvalue weighted by Crippen LogP contribution is -2.13. The van der Waals surface area contributed by atoms with Crippen LogP contribution in [0.4, 0.5) is 11.6 Å². The van der Waals surface area contributed by atoms with Gasteiger partial charge < -0.3 is 10.2 Å². The van der Waals surface area contributed by atoms with Crippen LogP contribution in [0.25, 0.3) is 0 Å². The van der Waals surface area contributed by atoms with E-state index in [1.54, 1.807) is 6.33 Å². The van der Waals surface area contributed by atoms with Crippen LogP contribution >= 0.6 is 15.9 Å². The second kappa shape index (κ2) is 5.14. The number of aromatic nitrogens is 2. The Labute approximate surface area is 92.9 Å². The maximum Gasteiger partial charge on any atom is 0.148 e. The Hall–Kier alpha value is -0.840.